The predicted octanol–water partition coefficient (Wildman–Crippen LogP) is 7.81. The number of pyridine rings is 1. The molecule has 2 aliphatic carbocycles. The number of ether oxygens (including phenoxy) is 1. The highest BCUT2D eigenvalue weighted by Crippen LogP contribution is 2.41. The van der Waals surface area contributed by atoms with Gasteiger partial charge in [0.2, 0.25) is 0 Å². The molecule has 1 aromatic carbocycles. The summed E-state index contributed by atoms with van der Waals surface area (Å²) in [6.07, 6.45) is 10.2. The van der Waals surface area contributed by atoms with E-state index in [1.807, 2.05) is 11.8 Å². The number of carboxylic acid groups (broad SMARTS) is 1. The molecule has 0 spiro atoms. The summed E-state index contributed by atoms with van der Waals surface area (Å²) in [6.45, 7) is 0. The summed E-state index contributed by atoms with van der Waals surface area (Å²) in [6, 6.07) is 13.4. The molecule has 0 unspecified atom stereocenters. The quantitative estimate of drug-likeness (QED) is 0.327. The Morgan fingerprint density at radius 2 is 1.71 bits per heavy atom. The van der Waals surface area contributed by atoms with E-state index in [2.05, 4.69) is 52.3 Å². The van der Waals surface area contributed by atoms with Gasteiger partial charge in [0.25, 0.3) is 0 Å². The number of aliphatic carboxylic acids is 1. The lowest BCUT2D eigenvalue weighted by atomic mass is 9.95. The van der Waals surface area contributed by atoms with Crippen LogP contribution in [0, 0.1) is 0 Å². The van der Waals surface area contributed by atoms with Crippen molar-refractivity contribution in [3.63, 3.8) is 0 Å². The standard InChI is InChI=1S/C26H33N3OS.C2HF3O2/c1-30-22-16-15-19(18-23(22)31-21-12-6-3-7-13-21)25-26(27-20-10-4-2-5-11-20)29-17-9-8-14-24(29)28-25;3-2(4,5)1(6)7/h8-9,14-18,20-21,27H,2-7,10-13H2,1H3;(H,6,7). The van der Waals surface area contributed by atoms with Crippen molar-refractivity contribution in [3.8, 4) is 17.0 Å². The van der Waals surface area contributed by atoms with Crippen molar-refractivity contribution >= 4 is 29.2 Å². The molecule has 6 nitrogen and oxygen atoms in total. The highest BCUT2D eigenvalue weighted by molar-refractivity contribution is 8.00. The highest BCUT2D eigenvalue weighted by atomic mass is 32.2. The van der Waals surface area contributed by atoms with Crippen molar-refractivity contribution in [1.29, 1.82) is 0 Å². The Kier molecular flexibility index (Phi) is 9.46. The number of anilines is 1. The number of thioether (sulfide) groups is 1. The van der Waals surface area contributed by atoms with E-state index in [0.717, 1.165) is 22.9 Å². The van der Waals surface area contributed by atoms with E-state index in [1.54, 1.807) is 7.11 Å². The third-order valence-electron chi connectivity index (χ3n) is 7.00. The number of benzene rings is 1. The van der Waals surface area contributed by atoms with Gasteiger partial charge in [0.15, 0.2) is 0 Å². The van der Waals surface area contributed by atoms with Crippen molar-refractivity contribution in [2.24, 2.45) is 0 Å². The molecular weight excluding hydrogens is 515 g/mol. The van der Waals surface area contributed by atoms with Gasteiger partial charge < -0.3 is 15.2 Å². The van der Waals surface area contributed by atoms with Crippen LogP contribution in [0.4, 0.5) is 19.0 Å². The van der Waals surface area contributed by atoms with E-state index in [-0.39, 0.29) is 0 Å². The Hall–Kier alpha value is -2.88. The lowest BCUT2D eigenvalue weighted by Crippen LogP contribution is -2.23. The molecule has 206 valence electrons. The van der Waals surface area contributed by atoms with Crippen molar-refractivity contribution in [3.05, 3.63) is 42.6 Å². The lowest BCUT2D eigenvalue weighted by molar-refractivity contribution is -0.192. The number of halogens is 3. The second kappa shape index (κ2) is 12.8. The van der Waals surface area contributed by atoms with E-state index < -0.39 is 12.1 Å². The second-order valence-electron chi connectivity index (χ2n) is 9.76. The molecule has 2 aliphatic rings. The fourth-order valence-electron chi connectivity index (χ4n) is 5.05. The summed E-state index contributed by atoms with van der Waals surface area (Å²) in [7, 11) is 1.78. The summed E-state index contributed by atoms with van der Waals surface area (Å²) in [4.78, 5) is 15.2. The third-order valence-corrected chi connectivity index (χ3v) is 8.38. The molecule has 0 bridgehead atoms. The maximum Gasteiger partial charge on any atom is 0.490 e. The zero-order valence-corrected chi connectivity index (χ0v) is 22.3. The Morgan fingerprint density at radius 1 is 1.05 bits per heavy atom. The van der Waals surface area contributed by atoms with Gasteiger partial charge in [-0.2, -0.15) is 13.2 Å². The van der Waals surface area contributed by atoms with Crippen molar-refractivity contribution in [2.45, 2.75) is 86.6 Å². The van der Waals surface area contributed by atoms with Crippen LogP contribution in [0.2, 0.25) is 0 Å². The van der Waals surface area contributed by atoms with Gasteiger partial charge in [-0.1, -0.05) is 44.6 Å². The van der Waals surface area contributed by atoms with E-state index >= 15 is 0 Å². The van der Waals surface area contributed by atoms with Gasteiger partial charge in [-0.3, -0.25) is 4.40 Å². The van der Waals surface area contributed by atoms with E-state index in [1.165, 1.54) is 74.7 Å². The van der Waals surface area contributed by atoms with Gasteiger partial charge in [-0.15, -0.1) is 11.8 Å². The highest BCUT2D eigenvalue weighted by Gasteiger charge is 2.38. The number of hydrogen-bond donors (Lipinski definition) is 2. The number of fused-ring (bicyclic) bond motifs is 1. The van der Waals surface area contributed by atoms with Gasteiger partial charge in [-0.25, -0.2) is 9.78 Å². The summed E-state index contributed by atoms with van der Waals surface area (Å²) in [5.41, 5.74) is 3.21. The van der Waals surface area contributed by atoms with Crippen LogP contribution in [0.25, 0.3) is 16.9 Å². The summed E-state index contributed by atoms with van der Waals surface area (Å²) < 4.78 is 39.7. The number of aromatic nitrogens is 2. The number of alkyl halides is 3. The first-order valence-electron chi connectivity index (χ1n) is 13.1. The zero-order chi connectivity index (χ0) is 27.1. The first-order chi connectivity index (χ1) is 18.3. The monoisotopic (exact) mass is 549 g/mol. The molecule has 3 aromatic rings. The minimum absolute atomic E-state index is 0.530. The molecule has 2 N–H and O–H groups in total. The second-order valence-corrected chi connectivity index (χ2v) is 11.1. The molecule has 2 heterocycles. The van der Waals surface area contributed by atoms with Crippen LogP contribution >= 0.6 is 11.8 Å². The average molecular weight is 550 g/mol. The molecule has 2 fully saturated rings. The Morgan fingerprint density at radius 3 is 2.34 bits per heavy atom. The van der Waals surface area contributed by atoms with Crippen LogP contribution in [-0.4, -0.2) is 45.0 Å². The molecule has 0 saturated heterocycles. The SMILES string of the molecule is COc1ccc(-c2nc3ccccn3c2NC2CCCCC2)cc1SC1CCCCC1.O=C(O)C(F)(F)F. The smallest absolute Gasteiger partial charge is 0.490 e. The number of hydrogen-bond acceptors (Lipinski definition) is 5. The molecule has 0 amide bonds. The van der Waals surface area contributed by atoms with Crippen molar-refractivity contribution < 1.29 is 27.8 Å². The van der Waals surface area contributed by atoms with Crippen LogP contribution in [0.15, 0.2) is 47.5 Å². The molecule has 2 aromatic heterocycles. The number of imidazole rings is 1. The number of rotatable bonds is 6. The topological polar surface area (TPSA) is 75.9 Å². The fraction of sp³-hybridized carbons (Fsp3) is 0.500. The fourth-order valence-corrected chi connectivity index (χ4v) is 6.44. The molecule has 0 atom stereocenters. The maximum absolute atomic E-state index is 10.6. The van der Waals surface area contributed by atoms with E-state index in [4.69, 9.17) is 19.6 Å². The van der Waals surface area contributed by atoms with Crippen LogP contribution in [0.1, 0.15) is 64.2 Å². The van der Waals surface area contributed by atoms with Crippen LogP contribution in [0.5, 0.6) is 5.75 Å². The number of carbonyl (C=O) groups is 1. The van der Waals surface area contributed by atoms with Crippen LogP contribution in [-0.2, 0) is 4.79 Å². The minimum atomic E-state index is -5.08. The maximum atomic E-state index is 10.6. The number of carboxylic acids is 1. The largest absolute Gasteiger partial charge is 0.496 e. The predicted molar refractivity (Wildman–Crippen MR) is 144 cm³/mol. The van der Waals surface area contributed by atoms with Crippen LogP contribution in [0.3, 0.4) is 0 Å². The molecule has 2 saturated carbocycles. The molecule has 5 rings (SSSR count). The first-order valence-corrected chi connectivity index (χ1v) is 14.0. The van der Waals surface area contributed by atoms with E-state index in [9.17, 15) is 13.2 Å². The Bertz CT molecular complexity index is 1220. The normalized spacial score (nSPS) is 17.1. The first kappa shape index (κ1) is 28.1. The van der Waals surface area contributed by atoms with Crippen molar-refractivity contribution in [2.75, 3.05) is 12.4 Å². The van der Waals surface area contributed by atoms with Gasteiger partial charge in [0.1, 0.15) is 22.9 Å². The number of nitrogens with one attached hydrogen (secondary N) is 1. The number of nitrogens with zero attached hydrogens (tertiary/aromatic N) is 2. The van der Waals surface area contributed by atoms with E-state index in [0.29, 0.717) is 11.3 Å². The molecule has 38 heavy (non-hydrogen) atoms. The van der Waals surface area contributed by atoms with Gasteiger partial charge in [-0.05, 0) is 56.0 Å². The Labute approximate surface area is 225 Å². The van der Waals surface area contributed by atoms with Crippen LogP contribution < -0.4 is 10.1 Å². The summed E-state index contributed by atoms with van der Waals surface area (Å²) in [5, 5.41) is 11.7. The lowest BCUT2D eigenvalue weighted by Gasteiger charge is -2.24. The van der Waals surface area contributed by atoms with Gasteiger partial charge in [0, 0.05) is 23.1 Å². The third kappa shape index (κ3) is 7.15. The van der Waals surface area contributed by atoms with Gasteiger partial charge in [0.05, 0.1) is 12.0 Å². The number of methoxy groups -OCH3 is 1. The van der Waals surface area contributed by atoms with Crippen molar-refractivity contribution in [1.82, 2.24) is 9.38 Å². The van der Waals surface area contributed by atoms with Gasteiger partial charge >= 0.3 is 12.1 Å². The zero-order valence-electron chi connectivity index (χ0n) is 21.5. The minimum Gasteiger partial charge on any atom is -0.496 e. The molecule has 10 heteroatoms. The molecule has 0 radical (unpaired) electrons. The summed E-state index contributed by atoms with van der Waals surface area (Å²) in [5.74, 6) is -0.654. The molecule has 0 aliphatic heterocycles. The summed E-state index contributed by atoms with van der Waals surface area (Å²) >= 11 is 1.99. The molecular formula is C28H34F3N3O3S. The Balaban J connectivity index is 0.000000426. The average Bonchev–Trinajstić information content (AvgIpc) is 3.28.